The predicted molar refractivity (Wildman–Crippen MR) is 85.2 cm³/mol. The maximum absolute atomic E-state index is 11.9. The van der Waals surface area contributed by atoms with Crippen LogP contribution in [0.2, 0.25) is 0 Å². The Hall–Kier alpha value is -2.23. The van der Waals surface area contributed by atoms with Crippen LogP contribution >= 0.6 is 0 Å². The summed E-state index contributed by atoms with van der Waals surface area (Å²) < 4.78 is 10.9. The van der Waals surface area contributed by atoms with Gasteiger partial charge in [0, 0.05) is 5.69 Å². The summed E-state index contributed by atoms with van der Waals surface area (Å²) >= 11 is 0. The van der Waals surface area contributed by atoms with Gasteiger partial charge in [0.2, 0.25) is 0 Å². The van der Waals surface area contributed by atoms with Crippen molar-refractivity contribution >= 4 is 11.6 Å². The van der Waals surface area contributed by atoms with Gasteiger partial charge in [0.05, 0.1) is 12.9 Å². The second kappa shape index (κ2) is 7.16. The molecule has 0 spiro atoms. The minimum Gasteiger partial charge on any atom is -0.493 e. The van der Waals surface area contributed by atoms with Crippen molar-refractivity contribution in [2.24, 2.45) is 5.92 Å². The zero-order valence-electron chi connectivity index (χ0n) is 12.6. The van der Waals surface area contributed by atoms with Gasteiger partial charge >= 0.3 is 0 Å². The Morgan fingerprint density at radius 1 is 1.14 bits per heavy atom. The number of hydrogen-bond donors (Lipinski definition) is 1. The molecule has 22 heavy (non-hydrogen) atoms. The van der Waals surface area contributed by atoms with Gasteiger partial charge in [-0.15, -0.1) is 0 Å². The smallest absolute Gasteiger partial charge is 0.291 e. The lowest BCUT2D eigenvalue weighted by molar-refractivity contribution is 0.0996. The molecule has 1 amide bonds. The van der Waals surface area contributed by atoms with Crippen LogP contribution in [0, 0.1) is 5.92 Å². The first-order valence-corrected chi connectivity index (χ1v) is 7.89. The average molecular weight is 299 g/mol. The van der Waals surface area contributed by atoms with Crippen LogP contribution in [0.25, 0.3) is 0 Å². The number of ether oxygens (including phenoxy) is 1. The SMILES string of the molecule is O=C(Nc1ccc(OCC2CCCCC2)cc1)c1ccco1. The van der Waals surface area contributed by atoms with E-state index in [9.17, 15) is 4.79 Å². The first kappa shape index (κ1) is 14.7. The quantitative estimate of drug-likeness (QED) is 0.885. The molecule has 1 heterocycles. The minimum atomic E-state index is -0.249. The molecular weight excluding hydrogens is 278 g/mol. The fourth-order valence-electron chi connectivity index (χ4n) is 2.80. The molecule has 0 bridgehead atoms. The summed E-state index contributed by atoms with van der Waals surface area (Å²) in [5.41, 5.74) is 0.728. The van der Waals surface area contributed by atoms with Crippen molar-refractivity contribution in [3.05, 3.63) is 48.4 Å². The van der Waals surface area contributed by atoms with Crippen molar-refractivity contribution < 1.29 is 13.9 Å². The third kappa shape index (κ3) is 3.91. The molecule has 1 aliphatic rings. The van der Waals surface area contributed by atoms with Crippen molar-refractivity contribution in [2.45, 2.75) is 32.1 Å². The lowest BCUT2D eigenvalue weighted by Gasteiger charge is -2.21. The van der Waals surface area contributed by atoms with E-state index in [-0.39, 0.29) is 5.91 Å². The fourth-order valence-corrected chi connectivity index (χ4v) is 2.80. The molecule has 2 aromatic rings. The van der Waals surface area contributed by atoms with Crippen molar-refractivity contribution in [1.29, 1.82) is 0 Å². The van der Waals surface area contributed by atoms with E-state index in [0.717, 1.165) is 18.0 Å². The number of rotatable bonds is 5. The Morgan fingerprint density at radius 2 is 1.91 bits per heavy atom. The third-order valence-electron chi connectivity index (χ3n) is 4.07. The van der Waals surface area contributed by atoms with E-state index in [0.29, 0.717) is 11.7 Å². The van der Waals surface area contributed by atoms with Gasteiger partial charge in [-0.3, -0.25) is 4.79 Å². The number of furan rings is 1. The largest absolute Gasteiger partial charge is 0.493 e. The van der Waals surface area contributed by atoms with Gasteiger partial charge in [0.25, 0.3) is 5.91 Å². The number of carbonyl (C=O) groups excluding carboxylic acids is 1. The first-order valence-electron chi connectivity index (χ1n) is 7.89. The number of amides is 1. The molecule has 3 rings (SSSR count). The molecule has 0 aliphatic heterocycles. The summed E-state index contributed by atoms with van der Waals surface area (Å²) in [6.07, 6.45) is 8.05. The highest BCUT2D eigenvalue weighted by atomic mass is 16.5. The monoisotopic (exact) mass is 299 g/mol. The summed E-state index contributed by atoms with van der Waals surface area (Å²) in [7, 11) is 0. The summed E-state index contributed by atoms with van der Waals surface area (Å²) in [6, 6.07) is 10.8. The topological polar surface area (TPSA) is 51.5 Å². The third-order valence-corrected chi connectivity index (χ3v) is 4.07. The van der Waals surface area contributed by atoms with Gasteiger partial charge in [0.15, 0.2) is 5.76 Å². The average Bonchev–Trinajstić information content (AvgIpc) is 3.10. The molecular formula is C18H21NO3. The number of carbonyl (C=O) groups is 1. The molecule has 0 unspecified atom stereocenters. The van der Waals surface area contributed by atoms with Crippen LogP contribution in [-0.2, 0) is 0 Å². The van der Waals surface area contributed by atoms with Crippen LogP contribution in [0.15, 0.2) is 47.1 Å². The zero-order valence-corrected chi connectivity index (χ0v) is 12.6. The Morgan fingerprint density at radius 3 is 2.59 bits per heavy atom. The minimum absolute atomic E-state index is 0.249. The molecule has 1 fully saturated rings. The number of hydrogen-bond acceptors (Lipinski definition) is 3. The summed E-state index contributed by atoms with van der Waals surface area (Å²) in [6.45, 7) is 0.790. The van der Waals surface area contributed by atoms with Crippen molar-refractivity contribution in [3.8, 4) is 5.75 Å². The Bertz CT molecular complexity index is 583. The van der Waals surface area contributed by atoms with Gasteiger partial charge in [-0.25, -0.2) is 0 Å². The van der Waals surface area contributed by atoms with E-state index in [1.54, 1.807) is 12.1 Å². The van der Waals surface area contributed by atoms with Gasteiger partial charge in [0.1, 0.15) is 5.75 Å². The van der Waals surface area contributed by atoms with Crippen LogP contribution in [0.3, 0.4) is 0 Å². The standard InChI is InChI=1S/C18H21NO3/c20-18(17-7-4-12-21-17)19-15-8-10-16(11-9-15)22-13-14-5-2-1-3-6-14/h4,7-12,14H,1-3,5-6,13H2,(H,19,20). The molecule has 1 saturated carbocycles. The Labute approximate surface area is 130 Å². The lowest BCUT2D eigenvalue weighted by atomic mass is 9.90. The number of anilines is 1. The fraction of sp³-hybridized carbons (Fsp3) is 0.389. The van der Waals surface area contributed by atoms with Gasteiger partial charge in [-0.1, -0.05) is 19.3 Å². The van der Waals surface area contributed by atoms with Crippen LogP contribution in [0.5, 0.6) is 5.75 Å². The van der Waals surface area contributed by atoms with Gasteiger partial charge < -0.3 is 14.5 Å². The molecule has 1 aliphatic carbocycles. The van der Waals surface area contributed by atoms with Crippen molar-refractivity contribution in [2.75, 3.05) is 11.9 Å². The molecule has 0 saturated heterocycles. The second-order valence-electron chi connectivity index (χ2n) is 5.77. The normalized spacial score (nSPS) is 15.5. The van der Waals surface area contributed by atoms with Gasteiger partial charge in [-0.05, 0) is 55.2 Å². The molecule has 1 N–H and O–H groups in total. The highest BCUT2D eigenvalue weighted by Gasteiger charge is 2.14. The molecule has 1 aromatic heterocycles. The first-order chi connectivity index (χ1) is 10.8. The second-order valence-corrected chi connectivity index (χ2v) is 5.77. The highest BCUT2D eigenvalue weighted by Crippen LogP contribution is 2.25. The zero-order chi connectivity index (χ0) is 15.2. The van der Waals surface area contributed by atoms with E-state index >= 15 is 0 Å². The van der Waals surface area contributed by atoms with Crippen LogP contribution in [0.1, 0.15) is 42.7 Å². The molecule has 0 radical (unpaired) electrons. The molecule has 116 valence electrons. The Balaban J connectivity index is 1.50. The van der Waals surface area contributed by atoms with Crippen LogP contribution in [0.4, 0.5) is 5.69 Å². The molecule has 0 atom stereocenters. The summed E-state index contributed by atoms with van der Waals surface area (Å²) in [4.78, 5) is 11.9. The number of benzene rings is 1. The van der Waals surface area contributed by atoms with E-state index < -0.39 is 0 Å². The molecule has 4 nitrogen and oxygen atoms in total. The van der Waals surface area contributed by atoms with E-state index in [1.165, 1.54) is 38.4 Å². The number of nitrogens with one attached hydrogen (secondary N) is 1. The van der Waals surface area contributed by atoms with E-state index in [4.69, 9.17) is 9.15 Å². The van der Waals surface area contributed by atoms with Crippen molar-refractivity contribution in [1.82, 2.24) is 0 Å². The maximum atomic E-state index is 11.9. The maximum Gasteiger partial charge on any atom is 0.291 e. The van der Waals surface area contributed by atoms with E-state index in [2.05, 4.69) is 5.32 Å². The summed E-state index contributed by atoms with van der Waals surface area (Å²) in [5.74, 6) is 1.59. The lowest BCUT2D eigenvalue weighted by Crippen LogP contribution is -2.15. The summed E-state index contributed by atoms with van der Waals surface area (Å²) in [5, 5.41) is 2.79. The van der Waals surface area contributed by atoms with E-state index in [1.807, 2.05) is 24.3 Å². The van der Waals surface area contributed by atoms with Crippen molar-refractivity contribution in [3.63, 3.8) is 0 Å². The highest BCUT2D eigenvalue weighted by molar-refractivity contribution is 6.02. The van der Waals surface area contributed by atoms with Crippen LogP contribution in [-0.4, -0.2) is 12.5 Å². The Kier molecular flexibility index (Phi) is 4.78. The molecule has 1 aromatic carbocycles. The van der Waals surface area contributed by atoms with Gasteiger partial charge in [-0.2, -0.15) is 0 Å². The predicted octanol–water partition coefficient (Wildman–Crippen LogP) is 4.49. The van der Waals surface area contributed by atoms with Crippen LogP contribution < -0.4 is 10.1 Å². The molecule has 4 heteroatoms.